The van der Waals surface area contributed by atoms with Crippen LogP contribution in [0.2, 0.25) is 0 Å². The Labute approximate surface area is 137 Å². The van der Waals surface area contributed by atoms with Crippen molar-refractivity contribution in [1.29, 1.82) is 0 Å². The quantitative estimate of drug-likeness (QED) is 0.737. The summed E-state index contributed by atoms with van der Waals surface area (Å²) in [5, 5.41) is 10.1. The average molecular weight is 323 g/mol. The van der Waals surface area contributed by atoms with Crippen LogP contribution in [-0.4, -0.2) is 68.1 Å². The van der Waals surface area contributed by atoms with Gasteiger partial charge in [-0.25, -0.2) is 4.79 Å². The van der Waals surface area contributed by atoms with Crippen LogP contribution >= 0.6 is 0 Å². The van der Waals surface area contributed by atoms with Gasteiger partial charge in [-0.15, -0.1) is 0 Å². The van der Waals surface area contributed by atoms with Crippen LogP contribution in [-0.2, 0) is 16.1 Å². The lowest BCUT2D eigenvalue weighted by molar-refractivity contribution is -0.907. The number of hydrogen-bond donors (Lipinski definition) is 2. The third-order valence-electron chi connectivity index (χ3n) is 3.94. The minimum absolute atomic E-state index is 0.238. The molecule has 128 valence electrons. The fourth-order valence-corrected chi connectivity index (χ4v) is 2.70. The summed E-state index contributed by atoms with van der Waals surface area (Å²) in [6, 6.07) is 9.93. The summed E-state index contributed by atoms with van der Waals surface area (Å²) in [4.78, 5) is 14.6. The summed E-state index contributed by atoms with van der Waals surface area (Å²) in [5.74, 6) is 0. The highest BCUT2D eigenvalue weighted by Gasteiger charge is 2.25. The minimum Gasteiger partial charge on any atom is -0.450 e. The van der Waals surface area contributed by atoms with E-state index in [-0.39, 0.29) is 6.09 Å². The van der Waals surface area contributed by atoms with Gasteiger partial charge in [0, 0.05) is 0 Å². The molecule has 0 unspecified atom stereocenters. The second-order valence-corrected chi connectivity index (χ2v) is 5.79. The van der Waals surface area contributed by atoms with Gasteiger partial charge in [-0.05, 0) is 12.5 Å². The maximum Gasteiger partial charge on any atom is 0.410 e. The highest BCUT2D eigenvalue weighted by molar-refractivity contribution is 5.67. The van der Waals surface area contributed by atoms with Crippen LogP contribution in [0.1, 0.15) is 12.5 Å². The third kappa shape index (κ3) is 6.17. The van der Waals surface area contributed by atoms with E-state index in [0.717, 1.165) is 18.7 Å². The first-order chi connectivity index (χ1) is 11.2. The lowest BCUT2D eigenvalue weighted by Crippen LogP contribution is -3.15. The Morgan fingerprint density at radius 3 is 2.65 bits per heavy atom. The smallest absolute Gasteiger partial charge is 0.410 e. The van der Waals surface area contributed by atoms with E-state index in [0.29, 0.717) is 39.5 Å². The van der Waals surface area contributed by atoms with Crippen molar-refractivity contribution in [2.45, 2.75) is 19.6 Å². The van der Waals surface area contributed by atoms with Crippen LogP contribution in [0.5, 0.6) is 0 Å². The van der Waals surface area contributed by atoms with E-state index >= 15 is 0 Å². The summed E-state index contributed by atoms with van der Waals surface area (Å²) in [5.41, 5.74) is 1.11. The van der Waals surface area contributed by atoms with Crippen molar-refractivity contribution in [2.24, 2.45) is 0 Å². The van der Waals surface area contributed by atoms with Gasteiger partial charge < -0.3 is 19.5 Å². The molecule has 1 aliphatic heterocycles. The molecule has 0 bridgehead atoms. The van der Waals surface area contributed by atoms with Gasteiger partial charge in [0.05, 0.1) is 46.0 Å². The molecule has 1 atom stereocenters. The van der Waals surface area contributed by atoms with Crippen LogP contribution < -0.4 is 4.90 Å². The maximum absolute atomic E-state index is 11.6. The molecule has 1 aromatic carbocycles. The number of piperazine rings is 1. The molecule has 2 rings (SSSR count). The first kappa shape index (κ1) is 17.7. The number of nitrogens with one attached hydrogen (secondary N) is 1. The Bertz CT molecular complexity index is 461. The van der Waals surface area contributed by atoms with Gasteiger partial charge in [-0.2, -0.15) is 0 Å². The molecule has 0 radical (unpaired) electrons. The molecule has 1 heterocycles. The predicted molar refractivity (Wildman–Crippen MR) is 86.3 cm³/mol. The van der Waals surface area contributed by atoms with Crippen molar-refractivity contribution < 1.29 is 24.3 Å². The fourth-order valence-electron chi connectivity index (χ4n) is 2.70. The third-order valence-corrected chi connectivity index (χ3v) is 3.94. The monoisotopic (exact) mass is 323 g/mol. The van der Waals surface area contributed by atoms with Gasteiger partial charge in [0.15, 0.2) is 0 Å². The van der Waals surface area contributed by atoms with Crippen molar-refractivity contribution in [2.75, 3.05) is 45.9 Å². The highest BCUT2D eigenvalue weighted by Crippen LogP contribution is 2.01. The number of carbonyl (C=O) groups is 1. The van der Waals surface area contributed by atoms with Gasteiger partial charge in [0.2, 0.25) is 0 Å². The van der Waals surface area contributed by atoms with Crippen molar-refractivity contribution in [1.82, 2.24) is 4.90 Å². The van der Waals surface area contributed by atoms with E-state index in [1.165, 1.54) is 4.90 Å². The topological polar surface area (TPSA) is 63.4 Å². The van der Waals surface area contributed by atoms with Gasteiger partial charge in [-0.3, -0.25) is 4.90 Å². The van der Waals surface area contributed by atoms with Gasteiger partial charge in [0.1, 0.15) is 12.6 Å². The molecule has 1 aromatic rings. The lowest BCUT2D eigenvalue weighted by atomic mass is 10.2. The van der Waals surface area contributed by atoms with E-state index in [1.807, 2.05) is 37.3 Å². The summed E-state index contributed by atoms with van der Waals surface area (Å²) in [7, 11) is 0. The predicted octanol–water partition coefficient (Wildman–Crippen LogP) is -0.0789. The SMILES string of the molecule is CCOC(=O)N1CC[NH+](C[C@@H](O)COCc2ccccc2)CC1. The van der Waals surface area contributed by atoms with Gasteiger partial charge in [-0.1, -0.05) is 30.3 Å². The number of ether oxygens (including phenoxy) is 2. The molecule has 6 heteroatoms. The second kappa shape index (κ2) is 9.50. The second-order valence-electron chi connectivity index (χ2n) is 5.79. The molecule has 1 saturated heterocycles. The average Bonchev–Trinajstić information content (AvgIpc) is 2.57. The summed E-state index contributed by atoms with van der Waals surface area (Å²) in [6.45, 7) is 6.71. The first-order valence-corrected chi connectivity index (χ1v) is 8.24. The maximum atomic E-state index is 11.6. The molecule has 1 aliphatic rings. The van der Waals surface area contributed by atoms with E-state index in [4.69, 9.17) is 9.47 Å². The van der Waals surface area contributed by atoms with Gasteiger partial charge in [0.25, 0.3) is 0 Å². The summed E-state index contributed by atoms with van der Waals surface area (Å²) in [6.07, 6.45) is -0.721. The van der Waals surface area contributed by atoms with E-state index < -0.39 is 6.10 Å². The van der Waals surface area contributed by atoms with Crippen molar-refractivity contribution >= 4 is 6.09 Å². The molecule has 2 N–H and O–H groups in total. The Morgan fingerprint density at radius 2 is 2.00 bits per heavy atom. The molecule has 6 nitrogen and oxygen atoms in total. The number of aliphatic hydroxyl groups excluding tert-OH is 1. The van der Waals surface area contributed by atoms with Crippen molar-refractivity contribution in [3.8, 4) is 0 Å². The zero-order valence-electron chi connectivity index (χ0n) is 13.7. The normalized spacial score (nSPS) is 17.0. The van der Waals surface area contributed by atoms with Crippen LogP contribution in [0, 0.1) is 0 Å². The van der Waals surface area contributed by atoms with Crippen LogP contribution in [0.15, 0.2) is 30.3 Å². The van der Waals surface area contributed by atoms with Gasteiger partial charge >= 0.3 is 6.09 Å². The number of quaternary nitrogens is 1. The number of carbonyl (C=O) groups excluding carboxylic acids is 1. The lowest BCUT2D eigenvalue weighted by Gasteiger charge is -2.32. The van der Waals surface area contributed by atoms with E-state index in [2.05, 4.69) is 0 Å². The zero-order valence-corrected chi connectivity index (χ0v) is 13.7. The summed E-state index contributed by atoms with van der Waals surface area (Å²) >= 11 is 0. The minimum atomic E-state index is -0.483. The molecule has 0 spiro atoms. The molecule has 0 aromatic heterocycles. The highest BCUT2D eigenvalue weighted by atomic mass is 16.6. The van der Waals surface area contributed by atoms with E-state index in [9.17, 15) is 9.90 Å². The molecule has 23 heavy (non-hydrogen) atoms. The molecular weight excluding hydrogens is 296 g/mol. The Kier molecular flexibility index (Phi) is 7.32. The molecule has 1 fully saturated rings. The van der Waals surface area contributed by atoms with Crippen molar-refractivity contribution in [3.63, 3.8) is 0 Å². The zero-order chi connectivity index (χ0) is 16.5. The number of hydrogen-bond acceptors (Lipinski definition) is 4. The first-order valence-electron chi connectivity index (χ1n) is 8.24. The molecule has 0 saturated carbocycles. The standard InChI is InChI=1S/C17H26N2O4/c1-2-23-17(21)19-10-8-18(9-11-19)12-16(20)14-22-13-15-6-4-3-5-7-15/h3-7,16,20H,2,8-14H2,1H3/p+1/t16-/m1/s1. The number of benzene rings is 1. The molecule has 1 amide bonds. The number of nitrogens with zero attached hydrogens (tertiary/aromatic N) is 1. The molecule has 0 aliphatic carbocycles. The Morgan fingerprint density at radius 1 is 1.30 bits per heavy atom. The van der Waals surface area contributed by atoms with Crippen LogP contribution in [0.25, 0.3) is 0 Å². The summed E-state index contributed by atoms with van der Waals surface area (Å²) < 4.78 is 10.6. The number of aliphatic hydroxyl groups is 1. The molecular formula is C17H27N2O4+. The van der Waals surface area contributed by atoms with Crippen molar-refractivity contribution in [3.05, 3.63) is 35.9 Å². The number of amides is 1. The Balaban J connectivity index is 1.61. The fraction of sp³-hybridized carbons (Fsp3) is 0.588. The Hall–Kier alpha value is -1.63. The number of rotatable bonds is 7. The largest absolute Gasteiger partial charge is 0.450 e. The van der Waals surface area contributed by atoms with Crippen LogP contribution in [0.3, 0.4) is 0 Å². The van der Waals surface area contributed by atoms with E-state index in [1.54, 1.807) is 4.90 Å². The van der Waals surface area contributed by atoms with Crippen LogP contribution in [0.4, 0.5) is 4.79 Å².